The number of ether oxygens (including phenoxy) is 1. The summed E-state index contributed by atoms with van der Waals surface area (Å²) in [7, 11) is 0. The Balaban J connectivity index is 2.37. The van der Waals surface area contributed by atoms with E-state index in [4.69, 9.17) is 11.5 Å². The molecule has 0 spiro atoms. The van der Waals surface area contributed by atoms with Gasteiger partial charge in [-0.3, -0.25) is 9.59 Å². The summed E-state index contributed by atoms with van der Waals surface area (Å²) in [5.41, 5.74) is 8.64. The monoisotopic (exact) mass is 435 g/mol. The lowest BCUT2D eigenvalue weighted by molar-refractivity contribution is -0.136. The standard InChI is InChI=1S/C17H18F5N5O3/c1-7(28)25-5-8(23)6-26-15(29)13-4-12(24)10-2-9(30-16(18)19)3-11(14(10)27-13)17(20,21)22/h2-4,8,16H,5-6,23H2,1H3,(H2,24,27)(H,25,28)(H,26,29). The van der Waals surface area contributed by atoms with Gasteiger partial charge in [-0.05, 0) is 18.2 Å². The maximum absolute atomic E-state index is 13.4. The van der Waals surface area contributed by atoms with Crippen molar-refractivity contribution in [1.82, 2.24) is 15.6 Å². The van der Waals surface area contributed by atoms with Crippen molar-refractivity contribution in [3.63, 3.8) is 0 Å². The highest BCUT2D eigenvalue weighted by molar-refractivity contribution is 6.00. The normalized spacial score (nSPS) is 12.7. The van der Waals surface area contributed by atoms with E-state index >= 15 is 0 Å². The summed E-state index contributed by atoms with van der Waals surface area (Å²) in [6.45, 7) is -2.10. The van der Waals surface area contributed by atoms with Crippen molar-refractivity contribution in [3.8, 4) is 5.75 Å². The van der Waals surface area contributed by atoms with Crippen LogP contribution in [0.5, 0.6) is 5.75 Å². The van der Waals surface area contributed by atoms with Gasteiger partial charge >= 0.3 is 12.8 Å². The summed E-state index contributed by atoms with van der Waals surface area (Å²) in [4.78, 5) is 26.8. The molecular weight excluding hydrogens is 417 g/mol. The number of fused-ring (bicyclic) bond motifs is 1. The number of amides is 2. The van der Waals surface area contributed by atoms with E-state index in [0.717, 1.165) is 12.1 Å². The molecule has 0 radical (unpaired) electrons. The second-order valence-corrected chi connectivity index (χ2v) is 6.25. The molecule has 6 N–H and O–H groups in total. The number of pyridine rings is 1. The summed E-state index contributed by atoms with van der Waals surface area (Å²) in [5, 5.41) is 4.51. The predicted octanol–water partition coefficient (Wildman–Crippen LogP) is 1.63. The molecule has 0 bridgehead atoms. The van der Waals surface area contributed by atoms with Crippen molar-refractivity contribution in [1.29, 1.82) is 0 Å². The summed E-state index contributed by atoms with van der Waals surface area (Å²) in [5.74, 6) is -1.93. The van der Waals surface area contributed by atoms with Gasteiger partial charge in [-0.25, -0.2) is 4.98 Å². The third kappa shape index (κ3) is 5.89. The molecule has 8 nitrogen and oxygen atoms in total. The fourth-order valence-electron chi connectivity index (χ4n) is 2.49. The summed E-state index contributed by atoms with van der Waals surface area (Å²) in [6.07, 6.45) is -4.98. The molecule has 0 fully saturated rings. The van der Waals surface area contributed by atoms with E-state index in [1.807, 2.05) is 0 Å². The van der Waals surface area contributed by atoms with Crippen LogP contribution in [-0.4, -0.2) is 42.5 Å². The van der Waals surface area contributed by atoms with E-state index in [1.54, 1.807) is 0 Å². The molecule has 1 atom stereocenters. The number of aromatic nitrogens is 1. The molecule has 0 aliphatic heterocycles. The minimum atomic E-state index is -4.98. The molecule has 13 heteroatoms. The SMILES string of the molecule is CC(=O)NCC(N)CNC(=O)c1cc(N)c2cc(OC(F)F)cc(C(F)(F)F)c2n1. The Kier molecular flexibility index (Phi) is 6.97. The molecule has 1 aromatic heterocycles. The van der Waals surface area contributed by atoms with Gasteiger partial charge in [0.2, 0.25) is 5.91 Å². The molecule has 2 aromatic rings. The fourth-order valence-corrected chi connectivity index (χ4v) is 2.49. The summed E-state index contributed by atoms with van der Waals surface area (Å²) in [6, 6.07) is 1.58. The number of benzene rings is 1. The molecule has 1 aromatic carbocycles. The van der Waals surface area contributed by atoms with Crippen LogP contribution < -0.4 is 26.8 Å². The minimum Gasteiger partial charge on any atom is -0.435 e. The van der Waals surface area contributed by atoms with Crippen LogP contribution >= 0.6 is 0 Å². The van der Waals surface area contributed by atoms with Crippen LogP contribution in [-0.2, 0) is 11.0 Å². The number of carbonyl (C=O) groups excluding carboxylic acids is 2. The predicted molar refractivity (Wildman–Crippen MR) is 96.8 cm³/mol. The number of nitrogen functional groups attached to an aromatic ring is 1. The molecular formula is C17H18F5N5O3. The number of alkyl halides is 5. The van der Waals surface area contributed by atoms with Gasteiger partial charge in [0.1, 0.15) is 11.4 Å². The number of anilines is 1. The third-order valence-corrected chi connectivity index (χ3v) is 3.82. The van der Waals surface area contributed by atoms with Gasteiger partial charge < -0.3 is 26.8 Å². The first kappa shape index (κ1) is 23.1. The number of nitrogens with one attached hydrogen (secondary N) is 2. The lowest BCUT2D eigenvalue weighted by Crippen LogP contribution is -2.44. The zero-order chi connectivity index (χ0) is 22.6. The van der Waals surface area contributed by atoms with Crippen molar-refractivity contribution in [2.24, 2.45) is 5.73 Å². The maximum atomic E-state index is 13.4. The van der Waals surface area contributed by atoms with Crippen LogP contribution in [0.1, 0.15) is 23.0 Å². The topological polar surface area (TPSA) is 132 Å². The van der Waals surface area contributed by atoms with Gasteiger partial charge in [0.15, 0.2) is 0 Å². The first-order chi connectivity index (χ1) is 13.9. The van der Waals surface area contributed by atoms with Gasteiger partial charge in [-0.15, -0.1) is 0 Å². The van der Waals surface area contributed by atoms with Crippen LogP contribution in [0, 0.1) is 0 Å². The fraction of sp³-hybridized carbons (Fsp3) is 0.353. The molecule has 30 heavy (non-hydrogen) atoms. The summed E-state index contributed by atoms with van der Waals surface area (Å²) >= 11 is 0. The molecule has 0 aliphatic carbocycles. The molecule has 0 saturated carbocycles. The molecule has 0 saturated heterocycles. The molecule has 2 rings (SSSR count). The van der Waals surface area contributed by atoms with Crippen LogP contribution in [0.2, 0.25) is 0 Å². The number of rotatable bonds is 7. The lowest BCUT2D eigenvalue weighted by atomic mass is 10.1. The average molecular weight is 435 g/mol. The largest absolute Gasteiger partial charge is 0.435 e. The van der Waals surface area contributed by atoms with Crippen molar-refractivity contribution in [2.45, 2.75) is 25.8 Å². The number of hydrogen-bond acceptors (Lipinski definition) is 6. The number of carbonyl (C=O) groups is 2. The van der Waals surface area contributed by atoms with Crippen LogP contribution in [0.15, 0.2) is 18.2 Å². The van der Waals surface area contributed by atoms with Crippen LogP contribution in [0.3, 0.4) is 0 Å². The average Bonchev–Trinajstić information content (AvgIpc) is 2.62. The number of halogens is 5. The van der Waals surface area contributed by atoms with Crippen molar-refractivity contribution >= 4 is 28.4 Å². The molecule has 0 aliphatic rings. The van der Waals surface area contributed by atoms with Gasteiger partial charge in [0.25, 0.3) is 5.91 Å². The van der Waals surface area contributed by atoms with Crippen molar-refractivity contribution in [2.75, 3.05) is 18.8 Å². The van der Waals surface area contributed by atoms with Gasteiger partial charge in [0, 0.05) is 37.1 Å². The van der Waals surface area contributed by atoms with Gasteiger partial charge in [0.05, 0.1) is 11.1 Å². The highest BCUT2D eigenvalue weighted by Crippen LogP contribution is 2.39. The molecule has 164 valence electrons. The second-order valence-electron chi connectivity index (χ2n) is 6.25. The summed E-state index contributed by atoms with van der Waals surface area (Å²) < 4.78 is 69.2. The quantitative estimate of drug-likeness (QED) is 0.489. The van der Waals surface area contributed by atoms with Crippen molar-refractivity contribution in [3.05, 3.63) is 29.5 Å². The highest BCUT2D eigenvalue weighted by atomic mass is 19.4. The van der Waals surface area contributed by atoms with Gasteiger partial charge in [-0.2, -0.15) is 22.0 Å². The zero-order valence-electron chi connectivity index (χ0n) is 15.5. The van der Waals surface area contributed by atoms with E-state index in [9.17, 15) is 31.5 Å². The number of nitrogens with two attached hydrogens (primary N) is 2. The first-order valence-corrected chi connectivity index (χ1v) is 8.43. The Morgan fingerprint density at radius 2 is 1.80 bits per heavy atom. The minimum absolute atomic E-state index is 0.0635. The Morgan fingerprint density at radius 3 is 2.37 bits per heavy atom. The van der Waals surface area contributed by atoms with Crippen LogP contribution in [0.25, 0.3) is 10.9 Å². The third-order valence-electron chi connectivity index (χ3n) is 3.82. The smallest absolute Gasteiger partial charge is 0.418 e. The highest BCUT2D eigenvalue weighted by Gasteiger charge is 2.35. The number of nitrogens with zero attached hydrogens (tertiary/aromatic N) is 1. The van der Waals surface area contributed by atoms with Crippen molar-refractivity contribution < 1.29 is 36.3 Å². The number of hydrogen-bond donors (Lipinski definition) is 4. The van der Waals surface area contributed by atoms with E-state index in [2.05, 4.69) is 20.4 Å². The zero-order valence-corrected chi connectivity index (χ0v) is 15.5. The molecule has 1 heterocycles. The Labute approximate surface area is 166 Å². The van der Waals surface area contributed by atoms with E-state index in [0.29, 0.717) is 6.07 Å². The maximum Gasteiger partial charge on any atom is 0.418 e. The first-order valence-electron chi connectivity index (χ1n) is 8.43. The second kappa shape index (κ2) is 9.07. The Hall–Kier alpha value is -3.22. The molecule has 1 unspecified atom stereocenters. The Bertz CT molecular complexity index is 952. The Morgan fingerprint density at radius 1 is 1.17 bits per heavy atom. The molecule has 2 amide bonds. The van der Waals surface area contributed by atoms with E-state index in [1.165, 1.54) is 6.92 Å². The van der Waals surface area contributed by atoms with E-state index < -0.39 is 47.3 Å². The van der Waals surface area contributed by atoms with Gasteiger partial charge in [-0.1, -0.05) is 0 Å². The lowest BCUT2D eigenvalue weighted by Gasteiger charge is -2.16. The van der Waals surface area contributed by atoms with Crippen LogP contribution in [0.4, 0.5) is 27.6 Å². The van der Waals surface area contributed by atoms with E-state index in [-0.39, 0.29) is 30.1 Å².